The number of hydrogen-bond donors (Lipinski definition) is 2. The van der Waals surface area contributed by atoms with Gasteiger partial charge in [-0.1, -0.05) is 91.0 Å². The van der Waals surface area contributed by atoms with Crippen LogP contribution >= 0.6 is 0 Å². The lowest BCUT2D eigenvalue weighted by Gasteiger charge is -2.47. The Morgan fingerprint density at radius 3 is 1.50 bits per heavy atom. The summed E-state index contributed by atoms with van der Waals surface area (Å²) >= 11 is 0. The minimum Gasteiger partial charge on any atom is -0.480 e. The molecule has 1 saturated heterocycles. The molecule has 2 unspecified atom stereocenters. The molecule has 142 valence electrons. The Hall–Kier alpha value is -2.95. The van der Waals surface area contributed by atoms with Gasteiger partial charge in [0.05, 0.1) is 5.54 Å². The van der Waals surface area contributed by atoms with Crippen LogP contribution in [0.4, 0.5) is 0 Å². The van der Waals surface area contributed by atoms with E-state index >= 15 is 0 Å². The van der Waals surface area contributed by atoms with Crippen molar-refractivity contribution in [1.82, 2.24) is 4.90 Å². The largest absolute Gasteiger partial charge is 0.480 e. The fourth-order valence-corrected chi connectivity index (χ4v) is 4.48. The summed E-state index contributed by atoms with van der Waals surface area (Å²) < 4.78 is 0. The Morgan fingerprint density at radius 2 is 1.14 bits per heavy atom. The highest BCUT2D eigenvalue weighted by atomic mass is 16.4. The number of rotatable bonds is 5. The van der Waals surface area contributed by atoms with Crippen LogP contribution in [0.5, 0.6) is 0 Å². The van der Waals surface area contributed by atoms with Crippen molar-refractivity contribution in [3.63, 3.8) is 0 Å². The van der Waals surface area contributed by atoms with Crippen LogP contribution in [0.25, 0.3) is 0 Å². The van der Waals surface area contributed by atoms with Gasteiger partial charge < -0.3 is 10.2 Å². The van der Waals surface area contributed by atoms with E-state index in [4.69, 9.17) is 0 Å². The van der Waals surface area contributed by atoms with E-state index in [1.165, 1.54) is 0 Å². The number of nitrogens with zero attached hydrogens (tertiary/aromatic N) is 1. The molecule has 2 atom stereocenters. The van der Waals surface area contributed by atoms with Crippen LogP contribution in [0.3, 0.4) is 0 Å². The molecular formula is C24H23NO3. The van der Waals surface area contributed by atoms with Crippen molar-refractivity contribution in [2.45, 2.75) is 30.7 Å². The lowest BCUT2D eigenvalue weighted by atomic mass is 9.75. The molecule has 1 aliphatic rings. The maximum Gasteiger partial charge on any atom is 0.321 e. The van der Waals surface area contributed by atoms with E-state index < -0.39 is 23.8 Å². The van der Waals surface area contributed by atoms with E-state index in [1.54, 1.807) is 4.90 Å². The molecule has 3 aromatic carbocycles. The SMILES string of the molecule is O=C(O)C1CCC(O)N1C(c1ccccc1)(c1ccccc1)c1ccccc1. The third-order valence-electron chi connectivity index (χ3n) is 5.60. The normalized spacial score (nSPS) is 20.2. The topological polar surface area (TPSA) is 60.8 Å². The first-order valence-corrected chi connectivity index (χ1v) is 9.51. The Morgan fingerprint density at radius 1 is 0.750 bits per heavy atom. The summed E-state index contributed by atoms with van der Waals surface area (Å²) in [5.74, 6) is -0.913. The minimum atomic E-state index is -0.914. The molecule has 4 rings (SSSR count). The third-order valence-corrected chi connectivity index (χ3v) is 5.60. The number of benzene rings is 3. The fourth-order valence-electron chi connectivity index (χ4n) is 4.48. The van der Waals surface area contributed by atoms with Gasteiger partial charge in [-0.3, -0.25) is 4.79 Å². The summed E-state index contributed by atoms with van der Waals surface area (Å²) in [6, 6.07) is 28.8. The fraction of sp³-hybridized carbons (Fsp3) is 0.208. The third kappa shape index (κ3) is 2.91. The molecule has 1 heterocycles. The van der Waals surface area contributed by atoms with Gasteiger partial charge in [0.1, 0.15) is 12.3 Å². The van der Waals surface area contributed by atoms with Crippen LogP contribution in [0.1, 0.15) is 29.5 Å². The van der Waals surface area contributed by atoms with E-state index in [-0.39, 0.29) is 0 Å². The van der Waals surface area contributed by atoms with E-state index in [1.807, 2.05) is 91.0 Å². The Labute approximate surface area is 164 Å². The highest BCUT2D eigenvalue weighted by molar-refractivity contribution is 5.74. The molecule has 0 aromatic heterocycles. The van der Waals surface area contributed by atoms with Crippen molar-refractivity contribution in [3.8, 4) is 0 Å². The van der Waals surface area contributed by atoms with E-state index in [9.17, 15) is 15.0 Å². The number of aliphatic hydroxyl groups is 1. The molecule has 1 fully saturated rings. The number of carboxylic acid groups (broad SMARTS) is 1. The van der Waals surface area contributed by atoms with Crippen LogP contribution in [0.2, 0.25) is 0 Å². The Balaban J connectivity index is 2.09. The second kappa shape index (κ2) is 7.58. The summed E-state index contributed by atoms with van der Waals surface area (Å²) in [6.07, 6.45) is -0.0302. The zero-order chi connectivity index (χ0) is 19.6. The van der Waals surface area contributed by atoms with E-state index in [0.717, 1.165) is 16.7 Å². The molecular weight excluding hydrogens is 350 g/mol. The molecule has 28 heavy (non-hydrogen) atoms. The van der Waals surface area contributed by atoms with Crippen molar-refractivity contribution >= 4 is 5.97 Å². The van der Waals surface area contributed by atoms with E-state index in [0.29, 0.717) is 12.8 Å². The number of aliphatic carboxylic acids is 1. The van der Waals surface area contributed by atoms with Gasteiger partial charge in [0.2, 0.25) is 0 Å². The predicted molar refractivity (Wildman–Crippen MR) is 108 cm³/mol. The molecule has 2 N–H and O–H groups in total. The second-order valence-electron chi connectivity index (χ2n) is 7.13. The van der Waals surface area contributed by atoms with Crippen LogP contribution in [-0.2, 0) is 10.3 Å². The first kappa shape index (κ1) is 18.4. The summed E-state index contributed by atoms with van der Waals surface area (Å²) in [7, 11) is 0. The van der Waals surface area contributed by atoms with Gasteiger partial charge >= 0.3 is 5.97 Å². The molecule has 4 heteroatoms. The van der Waals surface area contributed by atoms with Crippen molar-refractivity contribution in [2.24, 2.45) is 0 Å². The molecule has 0 aliphatic carbocycles. The average molecular weight is 373 g/mol. The lowest BCUT2D eigenvalue weighted by molar-refractivity contribution is -0.148. The summed E-state index contributed by atoms with van der Waals surface area (Å²) in [6.45, 7) is 0. The van der Waals surface area contributed by atoms with Gasteiger partial charge in [-0.15, -0.1) is 0 Å². The standard InChI is InChI=1S/C24H23NO3/c26-22-17-16-21(23(27)28)25(22)24(18-10-4-1-5-11-18,19-12-6-2-7-13-19)20-14-8-3-9-15-20/h1-15,21-22,26H,16-17H2,(H,27,28). The molecule has 0 radical (unpaired) electrons. The zero-order valence-electron chi connectivity index (χ0n) is 15.5. The van der Waals surface area contributed by atoms with Crippen molar-refractivity contribution in [2.75, 3.05) is 0 Å². The quantitative estimate of drug-likeness (QED) is 0.667. The maximum absolute atomic E-state index is 12.1. The average Bonchev–Trinajstić information content (AvgIpc) is 3.13. The summed E-state index contributed by atoms with van der Waals surface area (Å²) in [5.41, 5.74) is 1.88. The zero-order valence-corrected chi connectivity index (χ0v) is 15.5. The monoisotopic (exact) mass is 373 g/mol. The maximum atomic E-state index is 12.1. The second-order valence-corrected chi connectivity index (χ2v) is 7.13. The van der Waals surface area contributed by atoms with Gasteiger partial charge in [0.25, 0.3) is 0 Å². The van der Waals surface area contributed by atoms with Crippen molar-refractivity contribution < 1.29 is 15.0 Å². The Bertz CT molecular complexity index is 831. The van der Waals surface area contributed by atoms with Crippen LogP contribution in [0, 0.1) is 0 Å². The Kier molecular flexibility index (Phi) is 4.99. The number of carboxylic acids is 1. The highest BCUT2D eigenvalue weighted by Crippen LogP contribution is 2.47. The molecule has 1 aliphatic heterocycles. The van der Waals surface area contributed by atoms with Gasteiger partial charge in [-0.25, -0.2) is 4.90 Å². The highest BCUT2D eigenvalue weighted by Gasteiger charge is 2.52. The summed E-state index contributed by atoms with van der Waals surface area (Å²) in [4.78, 5) is 13.9. The van der Waals surface area contributed by atoms with Gasteiger partial charge in [0.15, 0.2) is 0 Å². The number of likely N-dealkylation sites (tertiary alicyclic amines) is 1. The van der Waals surface area contributed by atoms with Gasteiger partial charge in [-0.2, -0.15) is 0 Å². The van der Waals surface area contributed by atoms with Crippen LogP contribution in [-0.4, -0.2) is 33.4 Å². The van der Waals surface area contributed by atoms with Gasteiger partial charge in [0, 0.05) is 0 Å². The van der Waals surface area contributed by atoms with Crippen molar-refractivity contribution in [3.05, 3.63) is 108 Å². The van der Waals surface area contributed by atoms with Crippen molar-refractivity contribution in [1.29, 1.82) is 0 Å². The molecule has 0 spiro atoms. The molecule has 3 aromatic rings. The summed E-state index contributed by atoms with van der Waals surface area (Å²) in [5, 5.41) is 20.9. The van der Waals surface area contributed by atoms with Crippen LogP contribution < -0.4 is 0 Å². The predicted octanol–water partition coefficient (Wildman–Crippen LogP) is 3.85. The van der Waals surface area contributed by atoms with Crippen LogP contribution in [0.15, 0.2) is 91.0 Å². The molecule has 0 bridgehead atoms. The molecule has 4 nitrogen and oxygen atoms in total. The lowest BCUT2D eigenvalue weighted by Crippen LogP contribution is -2.55. The number of hydrogen-bond acceptors (Lipinski definition) is 3. The molecule has 0 amide bonds. The van der Waals surface area contributed by atoms with E-state index in [2.05, 4.69) is 0 Å². The minimum absolute atomic E-state index is 0.407. The number of carbonyl (C=O) groups is 1. The first-order valence-electron chi connectivity index (χ1n) is 9.51. The number of aliphatic hydroxyl groups excluding tert-OH is 1. The molecule has 0 saturated carbocycles. The smallest absolute Gasteiger partial charge is 0.321 e. The van der Waals surface area contributed by atoms with Gasteiger partial charge in [-0.05, 0) is 29.5 Å². The first-order chi connectivity index (χ1) is 13.7.